The molecule has 2 atom stereocenters. The van der Waals surface area contributed by atoms with Gasteiger partial charge in [-0.3, -0.25) is 14.5 Å². The number of furan rings is 1. The molecule has 2 aliphatic rings. The first-order chi connectivity index (χ1) is 12.5. The number of hydrogen-bond donors (Lipinski definition) is 0. The second-order valence-corrected chi connectivity index (χ2v) is 7.98. The van der Waals surface area contributed by atoms with Crippen molar-refractivity contribution in [2.45, 2.75) is 33.1 Å². The van der Waals surface area contributed by atoms with E-state index in [4.69, 9.17) is 4.42 Å². The Hall–Kier alpha value is -1.82. The molecule has 0 N–H and O–H groups in total. The fourth-order valence-corrected chi connectivity index (χ4v) is 4.16. The Labute approximate surface area is 156 Å². The van der Waals surface area contributed by atoms with Crippen molar-refractivity contribution in [3.8, 4) is 0 Å². The quantitative estimate of drug-likeness (QED) is 0.803. The van der Waals surface area contributed by atoms with Crippen molar-refractivity contribution in [2.24, 2.45) is 11.8 Å². The number of nitrogens with zero attached hydrogens (tertiary/aromatic N) is 3. The lowest BCUT2D eigenvalue weighted by molar-refractivity contribution is -0.136. The topological polar surface area (TPSA) is 57.0 Å². The molecule has 0 radical (unpaired) electrons. The summed E-state index contributed by atoms with van der Waals surface area (Å²) in [6.45, 7) is 9.66. The van der Waals surface area contributed by atoms with Crippen molar-refractivity contribution >= 4 is 11.8 Å². The van der Waals surface area contributed by atoms with Crippen LogP contribution in [0.15, 0.2) is 22.8 Å². The molecule has 2 amide bonds. The average Bonchev–Trinajstić information content (AvgIpc) is 3.13. The Morgan fingerprint density at radius 3 is 2.35 bits per heavy atom. The molecule has 3 rings (SSSR count). The Balaban J connectivity index is 1.39. The van der Waals surface area contributed by atoms with Crippen LogP contribution in [0.4, 0.5) is 0 Å². The fourth-order valence-electron chi connectivity index (χ4n) is 4.16. The molecule has 2 unspecified atom stereocenters. The van der Waals surface area contributed by atoms with Crippen molar-refractivity contribution in [1.29, 1.82) is 0 Å². The summed E-state index contributed by atoms with van der Waals surface area (Å²) in [5.74, 6) is 2.44. The standard InChI is InChI=1S/C20H31N3O3/c1-16-12-17(2)14-23(13-16)20(25)15-21-7-9-22(10-8-21)19(24)6-5-18-4-3-11-26-18/h3-4,11,16-17H,5-10,12-15H2,1-2H3. The maximum Gasteiger partial charge on any atom is 0.236 e. The van der Waals surface area contributed by atoms with Gasteiger partial charge in [0.1, 0.15) is 5.76 Å². The zero-order chi connectivity index (χ0) is 18.5. The molecule has 2 aliphatic heterocycles. The van der Waals surface area contributed by atoms with Gasteiger partial charge in [-0.15, -0.1) is 0 Å². The highest BCUT2D eigenvalue weighted by Gasteiger charge is 2.28. The monoisotopic (exact) mass is 361 g/mol. The highest BCUT2D eigenvalue weighted by molar-refractivity contribution is 5.79. The van der Waals surface area contributed by atoms with Gasteiger partial charge in [0.25, 0.3) is 0 Å². The van der Waals surface area contributed by atoms with Crippen molar-refractivity contribution in [1.82, 2.24) is 14.7 Å². The molecule has 0 bridgehead atoms. The lowest BCUT2D eigenvalue weighted by Gasteiger charge is -2.38. The zero-order valence-corrected chi connectivity index (χ0v) is 16.0. The first-order valence-electron chi connectivity index (χ1n) is 9.81. The highest BCUT2D eigenvalue weighted by Crippen LogP contribution is 2.21. The lowest BCUT2D eigenvalue weighted by Crippen LogP contribution is -2.53. The van der Waals surface area contributed by atoms with Gasteiger partial charge in [0, 0.05) is 52.1 Å². The molecule has 0 aliphatic carbocycles. The molecule has 1 aromatic rings. The minimum absolute atomic E-state index is 0.172. The third-order valence-corrected chi connectivity index (χ3v) is 5.47. The number of piperazine rings is 1. The molecule has 2 fully saturated rings. The van der Waals surface area contributed by atoms with Crippen LogP contribution < -0.4 is 0 Å². The number of likely N-dealkylation sites (tertiary alicyclic amines) is 1. The Bertz CT molecular complexity index is 583. The number of amides is 2. The van der Waals surface area contributed by atoms with Gasteiger partial charge in [-0.05, 0) is 30.4 Å². The van der Waals surface area contributed by atoms with Crippen LogP contribution in [0.1, 0.15) is 32.4 Å². The van der Waals surface area contributed by atoms with E-state index in [2.05, 4.69) is 18.7 Å². The number of hydrogen-bond acceptors (Lipinski definition) is 4. The summed E-state index contributed by atoms with van der Waals surface area (Å²) >= 11 is 0. The van der Waals surface area contributed by atoms with Crippen molar-refractivity contribution in [3.05, 3.63) is 24.2 Å². The van der Waals surface area contributed by atoms with E-state index in [9.17, 15) is 9.59 Å². The number of carbonyl (C=O) groups excluding carboxylic acids is 2. The summed E-state index contributed by atoms with van der Waals surface area (Å²) in [7, 11) is 0. The molecule has 6 nitrogen and oxygen atoms in total. The van der Waals surface area contributed by atoms with Crippen LogP contribution in [-0.2, 0) is 16.0 Å². The summed E-state index contributed by atoms with van der Waals surface area (Å²) in [6, 6.07) is 3.75. The largest absolute Gasteiger partial charge is 0.469 e. The predicted octanol–water partition coefficient (Wildman–Crippen LogP) is 1.86. The van der Waals surface area contributed by atoms with Gasteiger partial charge in [-0.1, -0.05) is 13.8 Å². The second-order valence-electron chi connectivity index (χ2n) is 7.98. The number of rotatable bonds is 5. The SMILES string of the molecule is CC1CC(C)CN(C(=O)CN2CCN(C(=O)CCc3ccco3)CC2)C1. The van der Waals surface area contributed by atoms with Crippen molar-refractivity contribution in [2.75, 3.05) is 45.8 Å². The molecule has 0 spiro atoms. The number of piperidine rings is 1. The summed E-state index contributed by atoms with van der Waals surface area (Å²) in [4.78, 5) is 31.1. The van der Waals surface area contributed by atoms with Crippen LogP contribution in [0, 0.1) is 11.8 Å². The minimum atomic E-state index is 0.172. The molecular weight excluding hydrogens is 330 g/mol. The molecule has 6 heteroatoms. The molecule has 1 aromatic heterocycles. The Morgan fingerprint density at radius 2 is 1.73 bits per heavy atom. The summed E-state index contributed by atoms with van der Waals surface area (Å²) in [6.07, 6.45) is 3.98. The van der Waals surface area contributed by atoms with Gasteiger partial charge in [0.05, 0.1) is 12.8 Å². The van der Waals surface area contributed by atoms with E-state index in [0.29, 0.717) is 44.3 Å². The van der Waals surface area contributed by atoms with Crippen LogP contribution in [-0.4, -0.2) is 72.3 Å². The first kappa shape index (κ1) is 19.0. The van der Waals surface area contributed by atoms with Crippen LogP contribution >= 0.6 is 0 Å². The molecule has 2 saturated heterocycles. The third-order valence-electron chi connectivity index (χ3n) is 5.47. The van der Waals surface area contributed by atoms with Gasteiger partial charge >= 0.3 is 0 Å². The van der Waals surface area contributed by atoms with Gasteiger partial charge in [-0.2, -0.15) is 0 Å². The molecule has 144 valence electrons. The van der Waals surface area contributed by atoms with E-state index in [1.807, 2.05) is 21.9 Å². The van der Waals surface area contributed by atoms with Gasteiger partial charge < -0.3 is 14.2 Å². The minimum Gasteiger partial charge on any atom is -0.469 e. The highest BCUT2D eigenvalue weighted by atomic mass is 16.3. The van der Waals surface area contributed by atoms with E-state index < -0.39 is 0 Å². The fraction of sp³-hybridized carbons (Fsp3) is 0.700. The maximum absolute atomic E-state index is 12.6. The third kappa shape index (κ3) is 5.10. The average molecular weight is 361 g/mol. The van der Waals surface area contributed by atoms with Gasteiger partial charge in [0.15, 0.2) is 0 Å². The van der Waals surface area contributed by atoms with Gasteiger partial charge in [0.2, 0.25) is 11.8 Å². The van der Waals surface area contributed by atoms with Crippen LogP contribution in [0.25, 0.3) is 0 Å². The Morgan fingerprint density at radius 1 is 1.04 bits per heavy atom. The summed E-state index contributed by atoms with van der Waals surface area (Å²) in [5, 5.41) is 0. The zero-order valence-electron chi connectivity index (χ0n) is 16.0. The Kier molecular flexibility index (Phi) is 6.35. The van der Waals surface area contributed by atoms with Crippen LogP contribution in [0.5, 0.6) is 0 Å². The molecule has 0 aromatic carbocycles. The molecular formula is C20H31N3O3. The lowest BCUT2D eigenvalue weighted by atomic mass is 9.92. The van der Waals surface area contributed by atoms with Crippen LogP contribution in [0.2, 0.25) is 0 Å². The smallest absolute Gasteiger partial charge is 0.236 e. The van der Waals surface area contributed by atoms with Crippen LogP contribution in [0.3, 0.4) is 0 Å². The van der Waals surface area contributed by atoms with Gasteiger partial charge in [-0.25, -0.2) is 0 Å². The summed E-state index contributed by atoms with van der Waals surface area (Å²) in [5.41, 5.74) is 0. The van der Waals surface area contributed by atoms with E-state index >= 15 is 0 Å². The van der Waals surface area contributed by atoms with E-state index in [0.717, 1.165) is 31.9 Å². The number of aryl methyl sites for hydroxylation is 1. The number of carbonyl (C=O) groups is 2. The van der Waals surface area contributed by atoms with E-state index in [1.54, 1.807) is 6.26 Å². The van der Waals surface area contributed by atoms with Crippen molar-refractivity contribution in [3.63, 3.8) is 0 Å². The second kappa shape index (κ2) is 8.71. The summed E-state index contributed by atoms with van der Waals surface area (Å²) < 4.78 is 5.28. The first-order valence-corrected chi connectivity index (χ1v) is 9.81. The normalized spacial score (nSPS) is 24.7. The van der Waals surface area contributed by atoms with Crippen molar-refractivity contribution < 1.29 is 14.0 Å². The molecule has 3 heterocycles. The maximum atomic E-state index is 12.6. The molecule has 26 heavy (non-hydrogen) atoms. The van der Waals surface area contributed by atoms with E-state index in [1.165, 1.54) is 6.42 Å². The van der Waals surface area contributed by atoms with E-state index in [-0.39, 0.29) is 11.8 Å². The molecule has 0 saturated carbocycles. The predicted molar refractivity (Wildman–Crippen MR) is 99.6 cm³/mol.